The Labute approximate surface area is 176 Å². The molecule has 0 saturated heterocycles. The van der Waals surface area contributed by atoms with Crippen LogP contribution in [0.25, 0.3) is 0 Å². The predicted octanol–water partition coefficient (Wildman–Crippen LogP) is 5.40. The summed E-state index contributed by atoms with van der Waals surface area (Å²) in [5, 5.41) is 5.71. The Morgan fingerprint density at radius 3 is 2.30 bits per heavy atom. The van der Waals surface area contributed by atoms with E-state index in [4.69, 9.17) is 9.15 Å². The van der Waals surface area contributed by atoms with Gasteiger partial charge in [0.2, 0.25) is 0 Å². The van der Waals surface area contributed by atoms with Crippen LogP contribution in [0.3, 0.4) is 0 Å². The van der Waals surface area contributed by atoms with Crippen molar-refractivity contribution in [3.05, 3.63) is 77.2 Å². The van der Waals surface area contributed by atoms with Gasteiger partial charge >= 0.3 is 0 Å². The van der Waals surface area contributed by atoms with Gasteiger partial charge in [0.1, 0.15) is 5.75 Å². The van der Waals surface area contributed by atoms with Crippen LogP contribution in [0.2, 0.25) is 0 Å². The maximum absolute atomic E-state index is 12.9. The topological polar surface area (TPSA) is 80.6 Å². The summed E-state index contributed by atoms with van der Waals surface area (Å²) in [5.41, 5.74) is 3.39. The highest BCUT2D eigenvalue weighted by molar-refractivity contribution is 6.07. The molecule has 0 saturated carbocycles. The molecular formula is C24H26N2O4. The molecule has 1 aromatic heterocycles. The van der Waals surface area contributed by atoms with Crippen LogP contribution in [0.15, 0.2) is 59.2 Å². The van der Waals surface area contributed by atoms with Crippen molar-refractivity contribution in [2.24, 2.45) is 0 Å². The highest BCUT2D eigenvalue weighted by Crippen LogP contribution is 2.32. The Balaban J connectivity index is 1.85. The number of furan rings is 1. The molecule has 6 heteroatoms. The van der Waals surface area contributed by atoms with E-state index in [2.05, 4.69) is 31.4 Å². The number of hydrogen-bond donors (Lipinski definition) is 2. The largest absolute Gasteiger partial charge is 0.495 e. The number of amides is 2. The lowest BCUT2D eigenvalue weighted by atomic mass is 9.87. The van der Waals surface area contributed by atoms with Gasteiger partial charge in [-0.25, -0.2) is 0 Å². The maximum atomic E-state index is 12.9. The first-order valence-corrected chi connectivity index (χ1v) is 9.64. The summed E-state index contributed by atoms with van der Waals surface area (Å²) >= 11 is 0. The fourth-order valence-corrected chi connectivity index (χ4v) is 2.96. The summed E-state index contributed by atoms with van der Waals surface area (Å²) in [6.07, 6.45) is 1.44. The molecule has 3 rings (SSSR count). The molecule has 0 fully saturated rings. The molecule has 1 heterocycles. The Hall–Kier alpha value is -3.54. The molecule has 0 spiro atoms. The van der Waals surface area contributed by atoms with Crippen molar-refractivity contribution < 1.29 is 18.7 Å². The smallest absolute Gasteiger partial charge is 0.291 e. The first-order chi connectivity index (χ1) is 14.2. The van der Waals surface area contributed by atoms with Gasteiger partial charge in [-0.15, -0.1) is 0 Å². The highest BCUT2D eigenvalue weighted by Gasteiger charge is 2.18. The van der Waals surface area contributed by atoms with Crippen molar-refractivity contribution >= 4 is 23.2 Å². The fourth-order valence-electron chi connectivity index (χ4n) is 2.96. The number of nitrogens with one attached hydrogen (secondary N) is 2. The molecule has 0 aliphatic rings. The minimum atomic E-state index is -0.375. The maximum Gasteiger partial charge on any atom is 0.291 e. The summed E-state index contributed by atoms with van der Waals surface area (Å²) < 4.78 is 10.5. The summed E-state index contributed by atoms with van der Waals surface area (Å²) in [7, 11) is 1.57. The van der Waals surface area contributed by atoms with Crippen LogP contribution in [0.1, 0.15) is 52.8 Å². The summed E-state index contributed by atoms with van der Waals surface area (Å²) in [6.45, 7) is 8.17. The summed E-state index contributed by atoms with van der Waals surface area (Å²) in [6, 6.07) is 14.1. The zero-order chi connectivity index (χ0) is 21.9. The van der Waals surface area contributed by atoms with E-state index >= 15 is 0 Å². The van der Waals surface area contributed by atoms with Crippen molar-refractivity contribution in [1.82, 2.24) is 0 Å². The molecule has 0 bridgehead atoms. The average molecular weight is 406 g/mol. The second kappa shape index (κ2) is 8.45. The number of hydrogen-bond acceptors (Lipinski definition) is 4. The van der Waals surface area contributed by atoms with Crippen molar-refractivity contribution in [2.75, 3.05) is 17.7 Å². The van der Waals surface area contributed by atoms with E-state index in [0.717, 1.165) is 11.1 Å². The van der Waals surface area contributed by atoms with Gasteiger partial charge in [0.25, 0.3) is 11.8 Å². The molecule has 2 amide bonds. The number of carbonyl (C=O) groups excluding carboxylic acids is 2. The first-order valence-electron chi connectivity index (χ1n) is 9.64. The number of ether oxygens (including phenoxy) is 1. The molecule has 6 nitrogen and oxygen atoms in total. The Kier molecular flexibility index (Phi) is 5.96. The zero-order valence-electron chi connectivity index (χ0n) is 17.8. The Morgan fingerprint density at radius 1 is 0.933 bits per heavy atom. The van der Waals surface area contributed by atoms with E-state index in [9.17, 15) is 9.59 Å². The van der Waals surface area contributed by atoms with Crippen LogP contribution >= 0.6 is 0 Å². The van der Waals surface area contributed by atoms with Crippen molar-refractivity contribution in [1.29, 1.82) is 0 Å². The summed E-state index contributed by atoms with van der Waals surface area (Å²) in [5.74, 6) is 0.107. The zero-order valence-corrected chi connectivity index (χ0v) is 17.8. The number of methoxy groups -OCH3 is 1. The lowest BCUT2D eigenvalue weighted by Crippen LogP contribution is -2.17. The van der Waals surface area contributed by atoms with Crippen LogP contribution < -0.4 is 15.4 Å². The van der Waals surface area contributed by atoms with E-state index in [0.29, 0.717) is 22.7 Å². The SMILES string of the molecule is COc1ccc(C(C)(C)C)cc1NC(=O)c1ccc(C)c(NC(=O)c2ccco2)c1. The monoisotopic (exact) mass is 406 g/mol. The number of anilines is 2. The molecule has 3 aromatic rings. The van der Waals surface area contributed by atoms with Crippen LogP contribution in [0.5, 0.6) is 5.75 Å². The summed E-state index contributed by atoms with van der Waals surface area (Å²) in [4.78, 5) is 25.2. The molecule has 2 aromatic carbocycles. The van der Waals surface area contributed by atoms with Crippen LogP contribution in [-0.2, 0) is 5.41 Å². The molecule has 0 unspecified atom stereocenters. The van der Waals surface area contributed by atoms with Crippen molar-refractivity contribution in [3.8, 4) is 5.75 Å². The third-order valence-corrected chi connectivity index (χ3v) is 4.81. The molecule has 30 heavy (non-hydrogen) atoms. The molecule has 2 N–H and O–H groups in total. The second-order valence-electron chi connectivity index (χ2n) is 8.08. The van der Waals surface area contributed by atoms with Gasteiger partial charge in [-0.05, 0) is 59.9 Å². The molecule has 0 aliphatic heterocycles. The Bertz CT molecular complexity index is 1060. The molecular weight excluding hydrogens is 380 g/mol. The number of carbonyl (C=O) groups is 2. The van der Waals surface area contributed by atoms with Crippen molar-refractivity contribution in [3.63, 3.8) is 0 Å². The van der Waals surface area contributed by atoms with Gasteiger partial charge in [-0.2, -0.15) is 0 Å². The third-order valence-electron chi connectivity index (χ3n) is 4.81. The predicted molar refractivity (Wildman–Crippen MR) is 117 cm³/mol. The minimum Gasteiger partial charge on any atom is -0.495 e. The molecule has 0 atom stereocenters. The van der Waals surface area contributed by atoms with Crippen molar-refractivity contribution in [2.45, 2.75) is 33.1 Å². The van der Waals surface area contributed by atoms with Crippen LogP contribution in [0.4, 0.5) is 11.4 Å². The normalized spacial score (nSPS) is 11.1. The third kappa shape index (κ3) is 4.71. The molecule has 0 radical (unpaired) electrons. The number of benzene rings is 2. The molecule has 156 valence electrons. The van der Waals surface area contributed by atoms with Crippen LogP contribution in [-0.4, -0.2) is 18.9 Å². The van der Waals surface area contributed by atoms with Gasteiger partial charge < -0.3 is 19.8 Å². The lowest BCUT2D eigenvalue weighted by molar-refractivity contribution is 0.0993. The van der Waals surface area contributed by atoms with E-state index in [1.54, 1.807) is 37.4 Å². The van der Waals surface area contributed by atoms with Gasteiger partial charge in [0, 0.05) is 11.3 Å². The standard InChI is InChI=1S/C24H26N2O4/c1-15-8-9-16(13-18(15)25-23(28)21-7-6-12-30-21)22(27)26-19-14-17(24(2,3)4)10-11-20(19)29-5/h6-14H,1-5H3,(H,25,28)(H,26,27). The average Bonchev–Trinajstić information content (AvgIpc) is 3.24. The first kappa shape index (κ1) is 21.2. The quantitative estimate of drug-likeness (QED) is 0.595. The number of aryl methyl sites for hydroxylation is 1. The van der Waals surface area contributed by atoms with Gasteiger partial charge in [0.05, 0.1) is 19.1 Å². The molecule has 0 aliphatic carbocycles. The van der Waals surface area contributed by atoms with E-state index in [1.165, 1.54) is 6.26 Å². The Morgan fingerprint density at radius 2 is 1.67 bits per heavy atom. The lowest BCUT2D eigenvalue weighted by Gasteiger charge is -2.21. The fraction of sp³-hybridized carbons (Fsp3) is 0.250. The van der Waals surface area contributed by atoms with Gasteiger partial charge in [-0.1, -0.05) is 32.9 Å². The van der Waals surface area contributed by atoms with E-state index < -0.39 is 0 Å². The highest BCUT2D eigenvalue weighted by atomic mass is 16.5. The van der Waals surface area contributed by atoms with E-state index in [-0.39, 0.29) is 23.0 Å². The van der Waals surface area contributed by atoms with E-state index in [1.807, 2.05) is 25.1 Å². The number of rotatable bonds is 5. The minimum absolute atomic E-state index is 0.0705. The second-order valence-corrected chi connectivity index (χ2v) is 8.08. The van der Waals surface area contributed by atoms with Gasteiger partial charge in [-0.3, -0.25) is 9.59 Å². The van der Waals surface area contributed by atoms with Crippen LogP contribution in [0, 0.1) is 6.92 Å². The van der Waals surface area contributed by atoms with Gasteiger partial charge in [0.15, 0.2) is 5.76 Å².